The first-order valence-electron chi connectivity index (χ1n) is 11.6. The summed E-state index contributed by atoms with van der Waals surface area (Å²) < 4.78 is 0. The molecule has 4 aliphatic rings. The van der Waals surface area contributed by atoms with Crippen LogP contribution in [-0.4, -0.2) is 85.3 Å². The second-order valence-electron chi connectivity index (χ2n) is 9.13. The van der Waals surface area contributed by atoms with Crippen molar-refractivity contribution in [2.24, 2.45) is 5.92 Å². The maximum Gasteiger partial charge on any atom is 0.264 e. The number of carbonyl (C=O) groups excluding carboxylic acids is 4. The van der Waals surface area contributed by atoms with Gasteiger partial charge in [-0.1, -0.05) is 6.07 Å². The summed E-state index contributed by atoms with van der Waals surface area (Å²) in [6.07, 6.45) is 2.39. The number of nitrogens with one attached hydrogen (secondary N) is 2. The quantitative estimate of drug-likeness (QED) is 0.616. The average Bonchev–Trinajstić information content (AvgIpc) is 3.06. The summed E-state index contributed by atoms with van der Waals surface area (Å²) in [6.45, 7) is 7.09. The molecule has 1 unspecified atom stereocenters. The molecule has 0 radical (unpaired) electrons. The van der Waals surface area contributed by atoms with E-state index in [1.165, 1.54) is 0 Å². The molecule has 3 fully saturated rings. The molecule has 2 N–H and O–H groups in total. The summed E-state index contributed by atoms with van der Waals surface area (Å²) >= 11 is 0. The van der Waals surface area contributed by atoms with Gasteiger partial charge in [0, 0.05) is 52.2 Å². The minimum absolute atomic E-state index is 0. The van der Waals surface area contributed by atoms with Crippen molar-refractivity contribution < 1.29 is 19.2 Å². The largest absolute Gasteiger partial charge is 0.371 e. The number of hydrogen-bond acceptors (Lipinski definition) is 7. The average molecular weight is 476 g/mol. The Morgan fingerprint density at radius 3 is 2.33 bits per heavy atom. The molecule has 1 aromatic rings. The number of carbonyl (C=O) groups is 4. The van der Waals surface area contributed by atoms with E-state index in [0.29, 0.717) is 17.0 Å². The van der Waals surface area contributed by atoms with Gasteiger partial charge in [0.2, 0.25) is 11.8 Å². The zero-order valence-corrected chi connectivity index (χ0v) is 19.4. The summed E-state index contributed by atoms with van der Waals surface area (Å²) in [5.74, 6) is -1.19. The minimum atomic E-state index is -0.933. The van der Waals surface area contributed by atoms with Gasteiger partial charge in [-0.05, 0) is 37.3 Å². The molecule has 0 aromatic heterocycles. The van der Waals surface area contributed by atoms with Crippen LogP contribution in [0.15, 0.2) is 18.2 Å². The van der Waals surface area contributed by atoms with Crippen LogP contribution in [-0.2, 0) is 9.59 Å². The van der Waals surface area contributed by atoms with Crippen LogP contribution < -0.4 is 15.5 Å². The molecule has 178 valence electrons. The van der Waals surface area contributed by atoms with Gasteiger partial charge in [0.05, 0.1) is 16.8 Å². The summed E-state index contributed by atoms with van der Waals surface area (Å²) in [4.78, 5) is 56.0. The van der Waals surface area contributed by atoms with Gasteiger partial charge in [0.15, 0.2) is 0 Å². The van der Waals surface area contributed by atoms with Gasteiger partial charge < -0.3 is 15.1 Å². The summed E-state index contributed by atoms with van der Waals surface area (Å²) in [5, 5.41) is 5.64. The molecule has 4 aliphatic heterocycles. The molecule has 1 aromatic carbocycles. The van der Waals surface area contributed by atoms with Crippen molar-refractivity contribution in [3.63, 3.8) is 0 Å². The van der Waals surface area contributed by atoms with E-state index in [1.807, 2.05) is 6.07 Å². The number of imide groups is 2. The van der Waals surface area contributed by atoms with Crippen molar-refractivity contribution in [3.8, 4) is 0 Å². The van der Waals surface area contributed by atoms with Crippen molar-refractivity contribution in [2.45, 2.75) is 31.7 Å². The smallest absolute Gasteiger partial charge is 0.264 e. The van der Waals surface area contributed by atoms with E-state index in [2.05, 4.69) is 20.4 Å². The number of amides is 4. The van der Waals surface area contributed by atoms with Gasteiger partial charge in [-0.3, -0.25) is 29.4 Å². The van der Waals surface area contributed by atoms with Crippen LogP contribution in [0.3, 0.4) is 0 Å². The van der Waals surface area contributed by atoms with Crippen molar-refractivity contribution in [1.82, 2.24) is 20.4 Å². The third kappa shape index (κ3) is 4.49. The molecule has 5 rings (SSSR count). The number of anilines is 1. The molecular formula is C23H30ClN5O4. The van der Waals surface area contributed by atoms with Crippen LogP contribution in [0, 0.1) is 5.92 Å². The zero-order valence-electron chi connectivity index (χ0n) is 18.5. The van der Waals surface area contributed by atoms with E-state index in [-0.39, 0.29) is 31.2 Å². The van der Waals surface area contributed by atoms with E-state index in [1.54, 1.807) is 12.1 Å². The van der Waals surface area contributed by atoms with Crippen molar-refractivity contribution in [1.29, 1.82) is 0 Å². The number of hydrogen-bond donors (Lipinski definition) is 2. The molecule has 4 amide bonds. The molecule has 9 nitrogen and oxygen atoms in total. The molecule has 0 spiro atoms. The van der Waals surface area contributed by atoms with Gasteiger partial charge in [-0.2, -0.15) is 0 Å². The second-order valence-corrected chi connectivity index (χ2v) is 9.13. The fourth-order valence-corrected chi connectivity index (χ4v) is 5.38. The normalized spacial score (nSPS) is 24.5. The Hall–Kier alpha value is -2.49. The molecule has 0 aliphatic carbocycles. The Morgan fingerprint density at radius 2 is 1.64 bits per heavy atom. The molecule has 0 saturated carbocycles. The number of piperidine rings is 2. The lowest BCUT2D eigenvalue weighted by Gasteiger charge is -2.37. The topological polar surface area (TPSA) is 102 Å². The molecule has 10 heteroatoms. The lowest BCUT2D eigenvalue weighted by molar-refractivity contribution is -0.136. The van der Waals surface area contributed by atoms with Gasteiger partial charge in [-0.15, -0.1) is 12.4 Å². The van der Waals surface area contributed by atoms with E-state index < -0.39 is 23.8 Å². The highest BCUT2D eigenvalue weighted by Gasteiger charge is 2.46. The van der Waals surface area contributed by atoms with Gasteiger partial charge in [0.25, 0.3) is 11.8 Å². The van der Waals surface area contributed by atoms with Crippen LogP contribution in [0.4, 0.5) is 5.69 Å². The monoisotopic (exact) mass is 475 g/mol. The summed E-state index contributed by atoms with van der Waals surface area (Å²) in [5.41, 5.74) is 1.51. The van der Waals surface area contributed by atoms with E-state index in [9.17, 15) is 19.2 Å². The Bertz CT molecular complexity index is 956. The number of rotatable bonds is 4. The summed E-state index contributed by atoms with van der Waals surface area (Å²) in [6, 6.07) is 4.43. The van der Waals surface area contributed by atoms with Crippen LogP contribution >= 0.6 is 12.4 Å². The first-order chi connectivity index (χ1) is 15.5. The Morgan fingerprint density at radius 1 is 0.909 bits per heavy atom. The van der Waals surface area contributed by atoms with Crippen LogP contribution in [0.5, 0.6) is 0 Å². The molecule has 0 bridgehead atoms. The van der Waals surface area contributed by atoms with E-state index >= 15 is 0 Å². The number of piperazine rings is 1. The maximum absolute atomic E-state index is 13.3. The van der Waals surface area contributed by atoms with E-state index in [0.717, 1.165) is 69.2 Å². The number of halogens is 1. The van der Waals surface area contributed by atoms with Crippen LogP contribution in [0.1, 0.15) is 46.4 Å². The fourth-order valence-electron chi connectivity index (χ4n) is 5.38. The third-order valence-corrected chi connectivity index (χ3v) is 7.13. The lowest BCUT2D eigenvalue weighted by Crippen LogP contribution is -2.54. The van der Waals surface area contributed by atoms with Crippen LogP contribution in [0.25, 0.3) is 0 Å². The molecule has 4 heterocycles. The molecule has 33 heavy (non-hydrogen) atoms. The predicted molar refractivity (Wildman–Crippen MR) is 125 cm³/mol. The van der Waals surface area contributed by atoms with Crippen molar-refractivity contribution >= 4 is 41.7 Å². The fraction of sp³-hybridized carbons (Fsp3) is 0.565. The highest BCUT2D eigenvalue weighted by molar-refractivity contribution is 6.25. The maximum atomic E-state index is 13.3. The number of nitrogens with zero attached hydrogens (tertiary/aromatic N) is 3. The van der Waals surface area contributed by atoms with Gasteiger partial charge >= 0.3 is 0 Å². The number of benzene rings is 1. The Balaban J connectivity index is 0.00000259. The standard InChI is InChI=1S/C23H29N5O4.ClH/c29-19-5-4-18(21(30)25-19)28-22(31)16-2-1-3-17(20(16)23(28)32)27-10-6-15(7-11-27)14-26-12-8-24-9-13-26;/h1-3,15,18,24H,4-14H2,(H,25,29,30);1H. The van der Waals surface area contributed by atoms with Crippen molar-refractivity contribution in [3.05, 3.63) is 29.3 Å². The second kappa shape index (κ2) is 9.79. The van der Waals surface area contributed by atoms with Crippen LogP contribution in [0.2, 0.25) is 0 Å². The SMILES string of the molecule is Cl.O=C1CCC(N2C(=O)c3cccc(N4CCC(CN5CCNCC5)CC4)c3C2=O)C(=O)N1. The van der Waals surface area contributed by atoms with E-state index in [4.69, 9.17) is 0 Å². The first-order valence-corrected chi connectivity index (χ1v) is 11.6. The lowest BCUT2D eigenvalue weighted by atomic mass is 9.94. The summed E-state index contributed by atoms with van der Waals surface area (Å²) in [7, 11) is 0. The van der Waals surface area contributed by atoms with Gasteiger partial charge in [0.1, 0.15) is 6.04 Å². The Kier molecular flexibility index (Phi) is 7.02. The highest BCUT2D eigenvalue weighted by Crippen LogP contribution is 2.35. The third-order valence-electron chi connectivity index (χ3n) is 7.13. The number of fused-ring (bicyclic) bond motifs is 1. The molecule has 3 saturated heterocycles. The minimum Gasteiger partial charge on any atom is -0.371 e. The molecule has 1 atom stereocenters. The van der Waals surface area contributed by atoms with Crippen molar-refractivity contribution in [2.75, 3.05) is 50.7 Å². The van der Waals surface area contributed by atoms with Gasteiger partial charge in [-0.25, -0.2) is 0 Å². The first kappa shape index (κ1) is 23.7. The molecular weight excluding hydrogens is 446 g/mol. The zero-order chi connectivity index (χ0) is 22.2. The Labute approximate surface area is 199 Å². The highest BCUT2D eigenvalue weighted by atomic mass is 35.5. The predicted octanol–water partition coefficient (Wildman–Crippen LogP) is 0.631.